The Labute approximate surface area is 153 Å². The van der Waals surface area contributed by atoms with Gasteiger partial charge in [-0.25, -0.2) is 9.37 Å². The molecule has 0 spiro atoms. The second-order valence-electron chi connectivity index (χ2n) is 5.29. The van der Waals surface area contributed by atoms with Crippen LogP contribution in [0.3, 0.4) is 0 Å². The number of carbonyl (C=O) groups is 1. The van der Waals surface area contributed by atoms with E-state index in [-0.39, 0.29) is 18.3 Å². The van der Waals surface area contributed by atoms with Gasteiger partial charge in [-0.15, -0.1) is 11.3 Å². The molecule has 0 fully saturated rings. The smallest absolute Gasteiger partial charge is 0.264 e. The first-order valence-corrected chi connectivity index (χ1v) is 8.67. The van der Waals surface area contributed by atoms with Gasteiger partial charge in [-0.2, -0.15) is 0 Å². The zero-order valence-corrected chi connectivity index (χ0v) is 14.8. The molecule has 1 heterocycles. The zero-order chi connectivity index (χ0) is 17.8. The van der Waals surface area contributed by atoms with Crippen LogP contribution in [0.1, 0.15) is 5.56 Å². The van der Waals surface area contributed by atoms with E-state index >= 15 is 0 Å². The highest BCUT2D eigenvalue weighted by atomic mass is 35.5. The van der Waals surface area contributed by atoms with Gasteiger partial charge in [-0.1, -0.05) is 11.6 Å². The Morgan fingerprint density at radius 3 is 2.76 bits per heavy atom. The third kappa shape index (κ3) is 4.55. The van der Waals surface area contributed by atoms with Crippen molar-refractivity contribution in [2.75, 3.05) is 11.9 Å². The number of aryl methyl sites for hydroxylation is 1. The van der Waals surface area contributed by atoms with Crippen LogP contribution < -0.4 is 10.1 Å². The van der Waals surface area contributed by atoms with Crippen LogP contribution in [0.25, 0.3) is 11.3 Å². The highest BCUT2D eigenvalue weighted by Crippen LogP contribution is 2.25. The van der Waals surface area contributed by atoms with Crippen molar-refractivity contribution in [1.29, 1.82) is 0 Å². The van der Waals surface area contributed by atoms with Crippen molar-refractivity contribution in [2.24, 2.45) is 0 Å². The summed E-state index contributed by atoms with van der Waals surface area (Å²) in [5.74, 6) is -0.0119. The molecule has 0 aliphatic rings. The number of hydrogen-bond acceptors (Lipinski definition) is 4. The highest BCUT2D eigenvalue weighted by Gasteiger charge is 2.10. The minimum atomic E-state index is -0.311. The van der Waals surface area contributed by atoms with Crippen LogP contribution in [0.4, 0.5) is 9.52 Å². The van der Waals surface area contributed by atoms with Crippen LogP contribution >= 0.6 is 22.9 Å². The quantitative estimate of drug-likeness (QED) is 0.687. The fourth-order valence-corrected chi connectivity index (χ4v) is 3.12. The summed E-state index contributed by atoms with van der Waals surface area (Å²) in [6.45, 7) is 1.73. The molecule has 0 aliphatic heterocycles. The molecule has 128 valence electrons. The van der Waals surface area contributed by atoms with Gasteiger partial charge >= 0.3 is 0 Å². The molecule has 0 bridgehead atoms. The third-order valence-corrected chi connectivity index (χ3v) is 4.38. The van der Waals surface area contributed by atoms with Crippen molar-refractivity contribution in [1.82, 2.24) is 4.98 Å². The van der Waals surface area contributed by atoms with E-state index in [2.05, 4.69) is 10.3 Å². The van der Waals surface area contributed by atoms with Gasteiger partial charge in [0.1, 0.15) is 11.6 Å². The third-order valence-electron chi connectivity index (χ3n) is 3.39. The van der Waals surface area contributed by atoms with Crippen molar-refractivity contribution in [2.45, 2.75) is 6.92 Å². The summed E-state index contributed by atoms with van der Waals surface area (Å²) in [5, 5.41) is 5.56. The number of aromatic nitrogens is 1. The minimum absolute atomic E-state index is 0.131. The lowest BCUT2D eigenvalue weighted by molar-refractivity contribution is -0.118. The molecule has 0 radical (unpaired) electrons. The number of nitrogens with one attached hydrogen (secondary N) is 1. The molecule has 0 saturated carbocycles. The largest absolute Gasteiger partial charge is 0.483 e. The van der Waals surface area contributed by atoms with Gasteiger partial charge in [0, 0.05) is 16.0 Å². The summed E-state index contributed by atoms with van der Waals surface area (Å²) in [6, 6.07) is 11.2. The molecule has 0 aliphatic carbocycles. The standard InChI is InChI=1S/C18H14ClFN2O2S/c1-11-8-13(19)4-7-16(11)24-9-17(23)22-18-21-15(10-25-18)12-2-5-14(20)6-3-12/h2-8,10H,9H2,1H3,(H,21,22,23). The van der Waals surface area contributed by atoms with Crippen molar-refractivity contribution >= 4 is 34.0 Å². The monoisotopic (exact) mass is 376 g/mol. The normalized spacial score (nSPS) is 10.5. The fraction of sp³-hybridized carbons (Fsp3) is 0.111. The van der Waals surface area contributed by atoms with E-state index in [9.17, 15) is 9.18 Å². The predicted molar refractivity (Wildman–Crippen MR) is 97.8 cm³/mol. The molecule has 3 aromatic rings. The number of thiazole rings is 1. The summed E-state index contributed by atoms with van der Waals surface area (Å²) in [4.78, 5) is 16.3. The van der Waals surface area contributed by atoms with Crippen LogP contribution in [0, 0.1) is 12.7 Å². The molecule has 1 N–H and O–H groups in total. The highest BCUT2D eigenvalue weighted by molar-refractivity contribution is 7.14. The Kier molecular flexibility index (Phi) is 5.31. The predicted octanol–water partition coefficient (Wildman–Crippen LogP) is 4.93. The second kappa shape index (κ2) is 7.63. The molecule has 7 heteroatoms. The molecule has 1 amide bonds. The average molecular weight is 377 g/mol. The Bertz CT molecular complexity index is 896. The van der Waals surface area contributed by atoms with Crippen LogP contribution in [0.15, 0.2) is 47.8 Å². The average Bonchev–Trinajstić information content (AvgIpc) is 3.03. The van der Waals surface area contributed by atoms with E-state index in [1.54, 1.807) is 35.7 Å². The van der Waals surface area contributed by atoms with Gasteiger partial charge in [0.2, 0.25) is 0 Å². The number of nitrogens with zero attached hydrogens (tertiary/aromatic N) is 1. The summed E-state index contributed by atoms with van der Waals surface area (Å²) in [7, 11) is 0. The topological polar surface area (TPSA) is 51.2 Å². The summed E-state index contributed by atoms with van der Waals surface area (Å²) >= 11 is 7.18. The lowest BCUT2D eigenvalue weighted by atomic mass is 10.2. The lowest BCUT2D eigenvalue weighted by Crippen LogP contribution is -2.20. The molecule has 25 heavy (non-hydrogen) atoms. The maximum absolute atomic E-state index is 13.0. The van der Waals surface area contributed by atoms with E-state index < -0.39 is 0 Å². The Morgan fingerprint density at radius 2 is 2.04 bits per heavy atom. The van der Waals surface area contributed by atoms with E-state index in [1.165, 1.54) is 23.5 Å². The molecular weight excluding hydrogens is 363 g/mol. The molecule has 0 saturated heterocycles. The van der Waals surface area contributed by atoms with Gasteiger partial charge in [-0.05, 0) is 55.0 Å². The minimum Gasteiger partial charge on any atom is -0.483 e. The van der Waals surface area contributed by atoms with Crippen molar-refractivity contribution < 1.29 is 13.9 Å². The number of amides is 1. The van der Waals surface area contributed by atoms with Gasteiger partial charge < -0.3 is 4.74 Å². The molecular formula is C18H14ClFN2O2S. The Balaban J connectivity index is 1.59. The summed E-state index contributed by atoms with van der Waals surface area (Å²) in [6.07, 6.45) is 0. The molecule has 0 atom stereocenters. The van der Waals surface area contributed by atoms with Crippen molar-refractivity contribution in [3.63, 3.8) is 0 Å². The Morgan fingerprint density at radius 1 is 1.28 bits per heavy atom. The van der Waals surface area contributed by atoms with E-state index in [0.29, 0.717) is 21.6 Å². The number of rotatable bonds is 5. The number of anilines is 1. The SMILES string of the molecule is Cc1cc(Cl)ccc1OCC(=O)Nc1nc(-c2ccc(F)cc2)cs1. The number of hydrogen-bond donors (Lipinski definition) is 1. The lowest BCUT2D eigenvalue weighted by Gasteiger charge is -2.08. The maximum atomic E-state index is 13.0. The van der Waals surface area contributed by atoms with Gasteiger partial charge in [0.25, 0.3) is 5.91 Å². The number of ether oxygens (including phenoxy) is 1. The molecule has 1 aromatic heterocycles. The molecule has 0 unspecified atom stereocenters. The van der Waals surface area contributed by atoms with Crippen LogP contribution in [-0.2, 0) is 4.79 Å². The van der Waals surface area contributed by atoms with Crippen LogP contribution in [0.5, 0.6) is 5.75 Å². The maximum Gasteiger partial charge on any atom is 0.264 e. The number of carbonyl (C=O) groups excluding carboxylic acids is 1. The molecule has 3 rings (SSSR count). The Hall–Kier alpha value is -2.44. The van der Waals surface area contributed by atoms with Crippen LogP contribution in [0.2, 0.25) is 5.02 Å². The summed E-state index contributed by atoms with van der Waals surface area (Å²) in [5.41, 5.74) is 2.31. The molecule has 2 aromatic carbocycles. The van der Waals surface area contributed by atoms with Crippen molar-refractivity contribution in [3.8, 4) is 17.0 Å². The molecule has 4 nitrogen and oxygen atoms in total. The van der Waals surface area contributed by atoms with Gasteiger partial charge in [0.05, 0.1) is 5.69 Å². The number of benzene rings is 2. The zero-order valence-electron chi connectivity index (χ0n) is 13.3. The second-order valence-corrected chi connectivity index (χ2v) is 6.59. The first-order chi connectivity index (χ1) is 12.0. The first kappa shape index (κ1) is 17.4. The van der Waals surface area contributed by atoms with Crippen LogP contribution in [-0.4, -0.2) is 17.5 Å². The first-order valence-electron chi connectivity index (χ1n) is 7.41. The number of halogens is 2. The summed E-state index contributed by atoms with van der Waals surface area (Å²) < 4.78 is 18.5. The van der Waals surface area contributed by atoms with E-state index in [1.807, 2.05) is 6.92 Å². The van der Waals surface area contributed by atoms with E-state index in [0.717, 1.165) is 11.1 Å². The fourth-order valence-electron chi connectivity index (χ4n) is 2.16. The van der Waals surface area contributed by atoms with Gasteiger partial charge in [-0.3, -0.25) is 10.1 Å². The van der Waals surface area contributed by atoms with Gasteiger partial charge in [0.15, 0.2) is 11.7 Å². The van der Waals surface area contributed by atoms with Crippen molar-refractivity contribution in [3.05, 3.63) is 64.2 Å². The van der Waals surface area contributed by atoms with E-state index in [4.69, 9.17) is 16.3 Å².